The Morgan fingerprint density at radius 2 is 0.909 bits per heavy atom. The lowest BCUT2D eigenvalue weighted by molar-refractivity contribution is 0.103. The molecule has 0 radical (unpaired) electrons. The van der Waals surface area contributed by atoms with Crippen LogP contribution in [0.4, 0.5) is 0 Å². The van der Waals surface area contributed by atoms with Crippen LogP contribution in [0, 0.1) is 22.7 Å². The lowest BCUT2D eigenvalue weighted by Crippen LogP contribution is -2.09. The first kappa shape index (κ1) is 27.1. The van der Waals surface area contributed by atoms with Gasteiger partial charge in [-0.05, 0) is 36.1 Å². The molecule has 7 nitrogen and oxygen atoms in total. The number of hydrogen-bond acceptors (Lipinski definition) is 7. The maximum Gasteiger partial charge on any atom is 0.214 e. The lowest BCUT2D eigenvalue weighted by Gasteiger charge is -2.21. The maximum absolute atomic E-state index is 13.5. The van der Waals surface area contributed by atoms with Gasteiger partial charge in [-0.2, -0.15) is 10.5 Å². The average Bonchev–Trinajstić information content (AvgIpc) is 3.32. The number of ketones is 1. The molecule has 7 rings (SSSR count). The van der Waals surface area contributed by atoms with Crippen molar-refractivity contribution in [1.82, 2.24) is 19.9 Å². The molecule has 0 fully saturated rings. The Hall–Kier alpha value is -5.79. The number of fused-ring (bicyclic) bond motifs is 5. The van der Waals surface area contributed by atoms with Crippen molar-refractivity contribution in [3.05, 3.63) is 106 Å². The highest BCUT2D eigenvalue weighted by Crippen LogP contribution is 2.43. The number of nitriles is 2. The Balaban J connectivity index is 1.63. The molecule has 0 bridgehead atoms. The minimum absolute atomic E-state index is 0.00341. The molecule has 4 aromatic carbocycles. The second-order valence-electron chi connectivity index (χ2n) is 11.6. The highest BCUT2D eigenvalue weighted by molar-refractivity contribution is 6.21. The number of carbonyl (C=O) groups excluding carboxylic acids is 1. The van der Waals surface area contributed by atoms with E-state index in [1.165, 1.54) is 0 Å². The monoisotopic (exact) mass is 570 g/mol. The fourth-order valence-corrected chi connectivity index (χ4v) is 6.11. The third-order valence-corrected chi connectivity index (χ3v) is 8.18. The summed E-state index contributed by atoms with van der Waals surface area (Å²) >= 11 is 0. The molecule has 44 heavy (non-hydrogen) atoms. The molecular formula is C37H26N6O. The zero-order chi connectivity index (χ0) is 30.7. The van der Waals surface area contributed by atoms with E-state index in [0.29, 0.717) is 50.5 Å². The molecule has 1 aliphatic rings. The summed E-state index contributed by atoms with van der Waals surface area (Å²) in [5.74, 6) is -0.104. The minimum Gasteiger partial charge on any atom is -0.287 e. The molecule has 0 unspecified atom stereocenters. The summed E-state index contributed by atoms with van der Waals surface area (Å²) in [7, 11) is 0. The van der Waals surface area contributed by atoms with E-state index >= 15 is 0 Å². The Labute approximate surface area is 254 Å². The van der Waals surface area contributed by atoms with E-state index in [1.54, 1.807) is 24.3 Å². The summed E-state index contributed by atoms with van der Waals surface area (Å²) in [5.41, 5.74) is 11.1. The molecule has 0 aliphatic heterocycles. The van der Waals surface area contributed by atoms with Gasteiger partial charge in [0.1, 0.15) is 11.4 Å². The molecule has 6 aromatic rings. The molecule has 210 valence electrons. The zero-order valence-corrected chi connectivity index (χ0v) is 24.7. The van der Waals surface area contributed by atoms with Crippen molar-refractivity contribution in [1.29, 1.82) is 10.5 Å². The lowest BCUT2D eigenvalue weighted by atomic mass is 9.90. The second kappa shape index (κ2) is 10.2. The van der Waals surface area contributed by atoms with Gasteiger partial charge in [-0.15, -0.1) is 0 Å². The van der Waals surface area contributed by atoms with Crippen LogP contribution in [0.15, 0.2) is 72.8 Å². The smallest absolute Gasteiger partial charge is 0.214 e. The third kappa shape index (κ3) is 4.06. The predicted octanol–water partition coefficient (Wildman–Crippen LogP) is 8.11. The fraction of sp³-hybridized carbons (Fsp3) is 0.162. The third-order valence-electron chi connectivity index (χ3n) is 8.18. The van der Waals surface area contributed by atoms with Crippen LogP contribution in [-0.2, 0) is 0 Å². The van der Waals surface area contributed by atoms with E-state index in [2.05, 4.69) is 39.8 Å². The van der Waals surface area contributed by atoms with Crippen molar-refractivity contribution < 1.29 is 4.79 Å². The van der Waals surface area contributed by atoms with Crippen LogP contribution < -0.4 is 0 Å². The number of nitrogens with zero attached hydrogens (tertiary/aromatic N) is 6. The van der Waals surface area contributed by atoms with Crippen molar-refractivity contribution in [2.45, 2.75) is 39.5 Å². The van der Waals surface area contributed by atoms with Crippen LogP contribution in [0.2, 0.25) is 0 Å². The van der Waals surface area contributed by atoms with Crippen LogP contribution in [0.1, 0.15) is 77.8 Å². The van der Waals surface area contributed by atoms with E-state index in [1.807, 2.05) is 48.5 Å². The first-order valence-corrected chi connectivity index (χ1v) is 14.5. The molecule has 2 heterocycles. The number of rotatable bonds is 4. The first-order chi connectivity index (χ1) is 21.3. The molecule has 0 amide bonds. The van der Waals surface area contributed by atoms with Gasteiger partial charge in [-0.3, -0.25) is 4.79 Å². The van der Waals surface area contributed by atoms with E-state index in [4.69, 9.17) is 19.9 Å². The van der Waals surface area contributed by atoms with Gasteiger partial charge in [0.2, 0.25) is 5.78 Å². The SMILES string of the molecule is CC(C)c1c2nc3c(nc2c(C(C)C)c2nc(-c4ccc(C#N)cc4)c(-c4ccc(C#N)cc4)nc12)-c1ccccc1C3=O. The molecule has 0 N–H and O–H groups in total. The molecule has 0 saturated carbocycles. The number of hydrogen-bond donors (Lipinski definition) is 0. The minimum atomic E-state index is -0.119. The van der Waals surface area contributed by atoms with Crippen LogP contribution in [0.5, 0.6) is 0 Å². The molecule has 0 atom stereocenters. The molecule has 7 heteroatoms. The summed E-state index contributed by atoms with van der Waals surface area (Å²) in [4.78, 5) is 34.3. The van der Waals surface area contributed by atoms with Gasteiger partial charge < -0.3 is 0 Å². The Bertz CT molecular complexity index is 2250. The van der Waals surface area contributed by atoms with Gasteiger partial charge in [0.25, 0.3) is 0 Å². The summed E-state index contributed by atoms with van der Waals surface area (Å²) in [6.45, 7) is 8.39. The quantitative estimate of drug-likeness (QED) is 0.196. The van der Waals surface area contributed by atoms with Crippen molar-refractivity contribution in [3.8, 4) is 45.9 Å². The van der Waals surface area contributed by atoms with Crippen molar-refractivity contribution in [3.63, 3.8) is 0 Å². The van der Waals surface area contributed by atoms with E-state index in [-0.39, 0.29) is 17.6 Å². The van der Waals surface area contributed by atoms with Crippen LogP contribution in [-0.4, -0.2) is 25.7 Å². The van der Waals surface area contributed by atoms with Crippen molar-refractivity contribution in [2.24, 2.45) is 0 Å². The molecule has 2 aromatic heterocycles. The molecular weight excluding hydrogens is 544 g/mol. The highest BCUT2D eigenvalue weighted by Gasteiger charge is 2.33. The largest absolute Gasteiger partial charge is 0.287 e. The summed E-state index contributed by atoms with van der Waals surface area (Å²) in [6, 6.07) is 26.5. The second-order valence-corrected chi connectivity index (χ2v) is 11.6. The van der Waals surface area contributed by atoms with Gasteiger partial charge in [-0.25, -0.2) is 19.9 Å². The van der Waals surface area contributed by atoms with Crippen LogP contribution in [0.3, 0.4) is 0 Å². The Kier molecular flexibility index (Phi) is 6.27. The first-order valence-electron chi connectivity index (χ1n) is 14.5. The number of aromatic nitrogens is 4. The number of benzene rings is 4. The van der Waals surface area contributed by atoms with E-state index < -0.39 is 0 Å². The van der Waals surface area contributed by atoms with Gasteiger partial charge >= 0.3 is 0 Å². The Morgan fingerprint density at radius 1 is 0.523 bits per heavy atom. The van der Waals surface area contributed by atoms with Crippen molar-refractivity contribution in [2.75, 3.05) is 0 Å². The average molecular weight is 571 g/mol. The molecule has 0 spiro atoms. The number of carbonyl (C=O) groups is 1. The van der Waals surface area contributed by atoms with Gasteiger partial charge in [0, 0.05) is 33.4 Å². The summed E-state index contributed by atoms with van der Waals surface area (Å²) in [6.07, 6.45) is 0. The maximum atomic E-state index is 13.5. The summed E-state index contributed by atoms with van der Waals surface area (Å²) < 4.78 is 0. The normalized spacial score (nSPS) is 12.0. The molecule has 1 aliphatic carbocycles. The van der Waals surface area contributed by atoms with Crippen LogP contribution in [0.25, 0.3) is 55.8 Å². The van der Waals surface area contributed by atoms with Gasteiger partial charge in [0.15, 0.2) is 0 Å². The highest BCUT2D eigenvalue weighted by atomic mass is 16.1. The zero-order valence-electron chi connectivity index (χ0n) is 24.7. The van der Waals surface area contributed by atoms with E-state index in [9.17, 15) is 15.3 Å². The van der Waals surface area contributed by atoms with Gasteiger partial charge in [-0.1, -0.05) is 76.2 Å². The van der Waals surface area contributed by atoms with Crippen molar-refractivity contribution >= 4 is 27.9 Å². The Morgan fingerprint density at radius 3 is 1.32 bits per heavy atom. The topological polar surface area (TPSA) is 116 Å². The predicted molar refractivity (Wildman–Crippen MR) is 170 cm³/mol. The van der Waals surface area contributed by atoms with Crippen LogP contribution >= 0.6 is 0 Å². The summed E-state index contributed by atoms with van der Waals surface area (Å²) in [5, 5.41) is 18.8. The van der Waals surface area contributed by atoms with Gasteiger partial charge in [0.05, 0.1) is 56.7 Å². The fourth-order valence-electron chi connectivity index (χ4n) is 6.11. The molecule has 0 saturated heterocycles. The standard InChI is InChI=1S/C37H26N6O/c1-19(2)27-32-33(28(20(3)4)35-34(27)42-31-25-7-5-6-8-26(25)37(44)36(31)43-35)41-30(24-15-11-22(18-39)12-16-24)29(40-32)23-13-9-21(17-38)10-14-23/h5-16,19-20H,1-4H3. The van der Waals surface area contributed by atoms with E-state index in [0.717, 1.165) is 38.9 Å².